The zero-order chi connectivity index (χ0) is 21.0. The quantitative estimate of drug-likeness (QED) is 0.291. The van der Waals surface area contributed by atoms with E-state index in [2.05, 4.69) is 6.92 Å². The van der Waals surface area contributed by atoms with Gasteiger partial charge in [-0.15, -0.1) is 0 Å². The van der Waals surface area contributed by atoms with Crippen molar-refractivity contribution >= 4 is 0 Å². The summed E-state index contributed by atoms with van der Waals surface area (Å²) in [6.07, 6.45) is 5.08. The van der Waals surface area contributed by atoms with E-state index in [-0.39, 0.29) is 5.92 Å². The van der Waals surface area contributed by atoms with E-state index in [1.165, 1.54) is 52.0 Å². The van der Waals surface area contributed by atoms with Crippen molar-refractivity contribution < 1.29 is 27.8 Å². The van der Waals surface area contributed by atoms with Gasteiger partial charge in [-0.2, -0.15) is 13.2 Å². The van der Waals surface area contributed by atoms with E-state index in [0.29, 0.717) is 24.8 Å². The van der Waals surface area contributed by atoms with E-state index in [9.17, 15) is 18.3 Å². The molecule has 162 valence electrons. The molecule has 0 amide bonds. The highest BCUT2D eigenvalue weighted by molar-refractivity contribution is 5.25. The van der Waals surface area contributed by atoms with Crippen molar-refractivity contribution in [3.8, 4) is 0 Å². The molecular weight excluding hydrogens is 369 g/mol. The minimum atomic E-state index is -4.33. The molecule has 1 rings (SSSR count). The number of aryl methyl sites for hydroxylation is 1. The van der Waals surface area contributed by atoms with E-state index >= 15 is 0 Å². The highest BCUT2D eigenvalue weighted by Gasteiger charge is 2.36. The van der Waals surface area contributed by atoms with Crippen LogP contribution in [0.3, 0.4) is 0 Å². The number of aliphatic hydroxyl groups is 1. The summed E-state index contributed by atoms with van der Waals surface area (Å²) in [6.45, 7) is 2.18. The van der Waals surface area contributed by atoms with Crippen LogP contribution in [0.15, 0.2) is 24.3 Å². The molecule has 0 saturated heterocycles. The molecule has 0 radical (unpaired) electrons. The predicted molar refractivity (Wildman–Crippen MR) is 105 cm³/mol. The van der Waals surface area contributed by atoms with Crippen molar-refractivity contribution in [1.82, 2.24) is 0 Å². The van der Waals surface area contributed by atoms with E-state index in [0.717, 1.165) is 25.3 Å². The molecule has 0 heterocycles. The van der Waals surface area contributed by atoms with E-state index < -0.39 is 17.7 Å². The van der Waals surface area contributed by atoms with Gasteiger partial charge in [0.15, 0.2) is 0 Å². The molecule has 28 heavy (non-hydrogen) atoms. The van der Waals surface area contributed by atoms with Crippen molar-refractivity contribution in [3.05, 3.63) is 35.4 Å². The standard InChI is InChI=1S/C22H35F3O3/c1-4-5-6-7-8-9-14-19(22(26,27-2)28-3)15-10-12-18-13-11-16-20(17-18)21(23,24)25/h11,13,16-17,19,26H,4-10,12,14-15H2,1-3H3. The second kappa shape index (κ2) is 12.5. The first-order chi connectivity index (χ1) is 13.3. The molecule has 0 fully saturated rings. The van der Waals surface area contributed by atoms with Gasteiger partial charge in [0.05, 0.1) is 5.56 Å². The number of hydrogen-bond acceptors (Lipinski definition) is 3. The average molecular weight is 405 g/mol. The lowest BCUT2D eigenvalue weighted by atomic mass is 9.91. The Labute approximate surface area is 167 Å². The van der Waals surface area contributed by atoms with Crippen LogP contribution in [0.2, 0.25) is 0 Å². The van der Waals surface area contributed by atoms with Crippen LogP contribution in [0.1, 0.15) is 75.8 Å². The highest BCUT2D eigenvalue weighted by atomic mass is 19.4. The van der Waals surface area contributed by atoms with E-state index in [1.54, 1.807) is 6.07 Å². The van der Waals surface area contributed by atoms with Crippen LogP contribution in [0.5, 0.6) is 0 Å². The molecule has 0 bridgehead atoms. The van der Waals surface area contributed by atoms with Gasteiger partial charge in [0.25, 0.3) is 5.97 Å². The Morgan fingerprint density at radius 2 is 1.54 bits per heavy atom. The normalized spacial score (nSPS) is 13.7. The summed E-state index contributed by atoms with van der Waals surface area (Å²) in [6, 6.07) is 5.42. The van der Waals surface area contributed by atoms with Gasteiger partial charge in [-0.25, -0.2) is 0 Å². The molecule has 0 aromatic heterocycles. The fraction of sp³-hybridized carbons (Fsp3) is 0.727. The zero-order valence-corrected chi connectivity index (χ0v) is 17.4. The van der Waals surface area contributed by atoms with Gasteiger partial charge in [-0.1, -0.05) is 63.6 Å². The summed E-state index contributed by atoms with van der Waals surface area (Å²) in [4.78, 5) is 0. The fourth-order valence-corrected chi connectivity index (χ4v) is 3.55. The van der Waals surface area contributed by atoms with Crippen molar-refractivity contribution in [2.45, 2.75) is 83.3 Å². The summed E-state index contributed by atoms with van der Waals surface area (Å²) >= 11 is 0. The molecule has 1 N–H and O–H groups in total. The number of methoxy groups -OCH3 is 2. The molecule has 0 aliphatic carbocycles. The number of unbranched alkanes of at least 4 members (excludes halogenated alkanes) is 5. The molecular formula is C22H35F3O3. The molecule has 1 aromatic carbocycles. The number of rotatable bonds is 14. The monoisotopic (exact) mass is 404 g/mol. The first-order valence-corrected chi connectivity index (χ1v) is 10.3. The molecule has 0 saturated carbocycles. The molecule has 0 aliphatic rings. The Hall–Kier alpha value is -1.11. The Morgan fingerprint density at radius 3 is 2.14 bits per heavy atom. The SMILES string of the molecule is CCCCCCCCC(CCCc1cccc(C(F)(F)F)c1)C(O)(OC)OC. The molecule has 0 aliphatic heterocycles. The van der Waals surface area contributed by atoms with Crippen LogP contribution in [0.4, 0.5) is 13.2 Å². The third-order valence-corrected chi connectivity index (χ3v) is 5.28. The second-order valence-electron chi connectivity index (χ2n) is 7.38. The van der Waals surface area contributed by atoms with E-state index in [4.69, 9.17) is 9.47 Å². The lowest BCUT2D eigenvalue weighted by molar-refractivity contribution is -0.369. The van der Waals surface area contributed by atoms with E-state index in [1.807, 2.05) is 0 Å². The largest absolute Gasteiger partial charge is 0.416 e. The molecule has 3 nitrogen and oxygen atoms in total. The maximum Gasteiger partial charge on any atom is 0.416 e. The van der Waals surface area contributed by atoms with Gasteiger partial charge in [-0.05, 0) is 37.3 Å². The second-order valence-corrected chi connectivity index (χ2v) is 7.38. The Bertz CT molecular complexity index is 542. The van der Waals surface area contributed by atoms with Crippen LogP contribution < -0.4 is 0 Å². The summed E-state index contributed by atoms with van der Waals surface area (Å²) in [5.74, 6) is -1.88. The number of halogens is 3. The number of alkyl halides is 3. The summed E-state index contributed by atoms with van der Waals surface area (Å²) in [7, 11) is 2.81. The summed E-state index contributed by atoms with van der Waals surface area (Å²) < 4.78 is 48.9. The van der Waals surface area contributed by atoms with Gasteiger partial charge >= 0.3 is 6.18 Å². The predicted octanol–water partition coefficient (Wildman–Crippen LogP) is 6.33. The van der Waals surface area contributed by atoms with Crippen LogP contribution in [-0.4, -0.2) is 25.3 Å². The topological polar surface area (TPSA) is 38.7 Å². The van der Waals surface area contributed by atoms with Crippen molar-refractivity contribution in [2.24, 2.45) is 5.92 Å². The van der Waals surface area contributed by atoms with Crippen LogP contribution in [-0.2, 0) is 22.1 Å². The third kappa shape index (κ3) is 8.50. The molecule has 0 spiro atoms. The highest BCUT2D eigenvalue weighted by Crippen LogP contribution is 2.32. The third-order valence-electron chi connectivity index (χ3n) is 5.28. The number of hydrogen-bond donors (Lipinski definition) is 1. The van der Waals surface area contributed by atoms with Gasteiger partial charge in [-0.3, -0.25) is 0 Å². The first kappa shape index (κ1) is 24.9. The number of ether oxygens (including phenoxy) is 2. The molecule has 6 heteroatoms. The van der Waals surface area contributed by atoms with Crippen LogP contribution in [0.25, 0.3) is 0 Å². The van der Waals surface area contributed by atoms with Gasteiger partial charge in [0.2, 0.25) is 0 Å². The van der Waals surface area contributed by atoms with Crippen molar-refractivity contribution in [1.29, 1.82) is 0 Å². The van der Waals surface area contributed by atoms with Crippen molar-refractivity contribution in [3.63, 3.8) is 0 Å². The Kier molecular flexibility index (Phi) is 11.1. The maximum atomic E-state index is 12.9. The lowest BCUT2D eigenvalue weighted by Gasteiger charge is -2.33. The number of benzene rings is 1. The van der Waals surface area contributed by atoms with Crippen LogP contribution in [0, 0.1) is 5.92 Å². The Morgan fingerprint density at radius 1 is 0.929 bits per heavy atom. The fourth-order valence-electron chi connectivity index (χ4n) is 3.55. The minimum absolute atomic E-state index is 0.223. The zero-order valence-electron chi connectivity index (χ0n) is 17.4. The Balaban J connectivity index is 2.59. The molecule has 1 unspecified atom stereocenters. The summed E-state index contributed by atoms with van der Waals surface area (Å²) in [5, 5.41) is 10.6. The molecule has 1 aromatic rings. The first-order valence-electron chi connectivity index (χ1n) is 10.3. The molecule has 1 atom stereocenters. The van der Waals surface area contributed by atoms with Crippen molar-refractivity contribution in [2.75, 3.05) is 14.2 Å². The van der Waals surface area contributed by atoms with Gasteiger partial charge in [0.1, 0.15) is 0 Å². The van der Waals surface area contributed by atoms with Gasteiger partial charge in [0, 0.05) is 20.1 Å². The minimum Gasteiger partial charge on any atom is -0.343 e. The summed E-state index contributed by atoms with van der Waals surface area (Å²) in [5.41, 5.74) is 0.0189. The smallest absolute Gasteiger partial charge is 0.343 e. The van der Waals surface area contributed by atoms with Gasteiger partial charge < -0.3 is 14.6 Å². The lowest BCUT2D eigenvalue weighted by Crippen LogP contribution is -2.42. The van der Waals surface area contributed by atoms with Crippen LogP contribution >= 0.6 is 0 Å². The maximum absolute atomic E-state index is 12.9. The average Bonchev–Trinajstić information content (AvgIpc) is 2.68.